The molecule has 0 spiro atoms. The number of carbonyl (C=O) groups excluding carboxylic acids is 1. The summed E-state index contributed by atoms with van der Waals surface area (Å²) >= 11 is 2.04. The molecule has 1 aromatic rings. The third-order valence-corrected chi connectivity index (χ3v) is 5.68. The monoisotopic (exact) mass is 308 g/mol. The van der Waals surface area contributed by atoms with Gasteiger partial charge in [0.2, 0.25) is 0 Å². The van der Waals surface area contributed by atoms with Crippen molar-refractivity contribution in [3.8, 4) is 0 Å². The van der Waals surface area contributed by atoms with E-state index in [1.807, 2.05) is 18.7 Å². The Kier molecular flexibility index (Phi) is 4.54. The SMILES string of the molecule is Cc1cc(C(=O)NCC2(N3CCSCC3)CCCC2)n[nH]1. The molecule has 0 unspecified atom stereocenters. The average Bonchev–Trinajstić information content (AvgIpc) is 3.16. The second-order valence-electron chi connectivity index (χ2n) is 6.15. The van der Waals surface area contributed by atoms with Crippen molar-refractivity contribution in [2.75, 3.05) is 31.1 Å². The molecule has 0 bridgehead atoms. The zero-order chi connectivity index (χ0) is 14.7. The maximum atomic E-state index is 12.2. The summed E-state index contributed by atoms with van der Waals surface area (Å²) in [5.41, 5.74) is 1.60. The van der Waals surface area contributed by atoms with Crippen molar-refractivity contribution in [1.29, 1.82) is 0 Å². The first kappa shape index (κ1) is 14.9. The first-order valence-electron chi connectivity index (χ1n) is 7.83. The van der Waals surface area contributed by atoms with Crippen LogP contribution >= 0.6 is 11.8 Å². The lowest BCUT2D eigenvalue weighted by molar-refractivity contribution is 0.0813. The van der Waals surface area contributed by atoms with Crippen LogP contribution < -0.4 is 5.32 Å². The molecular formula is C15H24N4OS. The Morgan fingerprint density at radius 3 is 2.76 bits per heavy atom. The van der Waals surface area contributed by atoms with Gasteiger partial charge in [-0.05, 0) is 25.8 Å². The molecule has 0 radical (unpaired) electrons. The number of hydrogen-bond donors (Lipinski definition) is 2. The van der Waals surface area contributed by atoms with E-state index in [0.717, 1.165) is 25.3 Å². The highest BCUT2D eigenvalue weighted by Gasteiger charge is 2.40. The second kappa shape index (κ2) is 6.40. The van der Waals surface area contributed by atoms with Gasteiger partial charge in [-0.3, -0.25) is 14.8 Å². The molecule has 0 atom stereocenters. The van der Waals surface area contributed by atoms with Gasteiger partial charge in [-0.1, -0.05) is 12.8 Å². The van der Waals surface area contributed by atoms with Gasteiger partial charge in [0.1, 0.15) is 5.69 Å². The van der Waals surface area contributed by atoms with Crippen LogP contribution in [0.2, 0.25) is 0 Å². The summed E-state index contributed by atoms with van der Waals surface area (Å²) in [6.45, 7) is 4.97. The molecule has 1 aliphatic carbocycles. The van der Waals surface area contributed by atoms with Gasteiger partial charge in [-0.2, -0.15) is 16.9 Å². The fraction of sp³-hybridized carbons (Fsp3) is 0.733. The Bertz CT molecular complexity index is 490. The molecule has 1 amide bonds. The Labute approximate surface area is 130 Å². The lowest BCUT2D eigenvalue weighted by Gasteiger charge is -2.43. The molecule has 3 rings (SSSR count). The lowest BCUT2D eigenvalue weighted by atomic mass is 9.94. The van der Waals surface area contributed by atoms with Crippen molar-refractivity contribution < 1.29 is 4.79 Å². The van der Waals surface area contributed by atoms with Crippen LogP contribution in [0.3, 0.4) is 0 Å². The number of carbonyl (C=O) groups is 1. The highest BCUT2D eigenvalue weighted by atomic mass is 32.2. The molecule has 2 fully saturated rings. The second-order valence-corrected chi connectivity index (χ2v) is 7.37. The van der Waals surface area contributed by atoms with Crippen molar-refractivity contribution in [2.24, 2.45) is 0 Å². The van der Waals surface area contributed by atoms with Crippen LogP contribution in [0.4, 0.5) is 0 Å². The third-order valence-electron chi connectivity index (χ3n) is 4.73. The first-order valence-corrected chi connectivity index (χ1v) is 8.98. The highest BCUT2D eigenvalue weighted by Crippen LogP contribution is 2.36. The number of amides is 1. The fourth-order valence-corrected chi connectivity index (χ4v) is 4.45. The van der Waals surface area contributed by atoms with Crippen LogP contribution in [0.5, 0.6) is 0 Å². The minimum atomic E-state index is -0.0583. The molecule has 116 valence electrons. The number of nitrogens with zero attached hydrogens (tertiary/aromatic N) is 2. The largest absolute Gasteiger partial charge is 0.349 e. The van der Waals surface area contributed by atoms with Gasteiger partial charge in [0.15, 0.2) is 0 Å². The summed E-state index contributed by atoms with van der Waals surface area (Å²) in [5.74, 6) is 2.37. The normalized spacial score (nSPS) is 22.3. The van der Waals surface area contributed by atoms with E-state index in [9.17, 15) is 4.79 Å². The summed E-state index contributed by atoms with van der Waals surface area (Å²) in [4.78, 5) is 14.8. The molecule has 2 aliphatic rings. The molecule has 0 aromatic carbocycles. The van der Waals surface area contributed by atoms with Crippen LogP contribution in [0.15, 0.2) is 6.07 Å². The van der Waals surface area contributed by atoms with Crippen LogP contribution in [0.25, 0.3) is 0 Å². The number of aryl methyl sites for hydroxylation is 1. The van der Waals surface area contributed by atoms with E-state index < -0.39 is 0 Å². The van der Waals surface area contributed by atoms with E-state index in [4.69, 9.17) is 0 Å². The number of H-pyrrole nitrogens is 1. The van der Waals surface area contributed by atoms with E-state index >= 15 is 0 Å². The molecule has 2 N–H and O–H groups in total. The van der Waals surface area contributed by atoms with Crippen molar-refractivity contribution in [2.45, 2.75) is 38.1 Å². The van der Waals surface area contributed by atoms with Crippen LogP contribution in [-0.4, -0.2) is 57.7 Å². The minimum Gasteiger partial charge on any atom is -0.349 e. The van der Waals surface area contributed by atoms with E-state index in [-0.39, 0.29) is 11.4 Å². The molecule has 21 heavy (non-hydrogen) atoms. The predicted molar refractivity (Wildman–Crippen MR) is 85.8 cm³/mol. The van der Waals surface area contributed by atoms with Gasteiger partial charge in [0.05, 0.1) is 0 Å². The van der Waals surface area contributed by atoms with Crippen molar-refractivity contribution in [3.63, 3.8) is 0 Å². The summed E-state index contributed by atoms with van der Waals surface area (Å²) in [5, 5.41) is 9.99. The Balaban J connectivity index is 1.64. The van der Waals surface area contributed by atoms with Crippen molar-refractivity contribution in [1.82, 2.24) is 20.4 Å². The van der Waals surface area contributed by atoms with E-state index in [1.165, 1.54) is 37.2 Å². The summed E-state index contributed by atoms with van der Waals surface area (Å²) < 4.78 is 0. The van der Waals surface area contributed by atoms with Gasteiger partial charge in [0, 0.05) is 42.4 Å². The summed E-state index contributed by atoms with van der Waals surface area (Å²) in [6.07, 6.45) is 4.97. The van der Waals surface area contributed by atoms with Gasteiger partial charge in [0.25, 0.3) is 5.91 Å². The number of thioether (sulfide) groups is 1. The maximum Gasteiger partial charge on any atom is 0.271 e. The zero-order valence-corrected chi connectivity index (χ0v) is 13.5. The fourth-order valence-electron chi connectivity index (χ4n) is 3.55. The van der Waals surface area contributed by atoms with E-state index in [0.29, 0.717) is 5.69 Å². The van der Waals surface area contributed by atoms with Crippen molar-refractivity contribution >= 4 is 17.7 Å². The number of rotatable bonds is 4. The van der Waals surface area contributed by atoms with E-state index in [2.05, 4.69) is 20.4 Å². The van der Waals surface area contributed by atoms with E-state index in [1.54, 1.807) is 6.07 Å². The molecular weight excluding hydrogens is 284 g/mol. The molecule has 5 nitrogen and oxygen atoms in total. The smallest absolute Gasteiger partial charge is 0.271 e. The molecule has 6 heteroatoms. The predicted octanol–water partition coefficient (Wildman–Crippen LogP) is 1.81. The Morgan fingerprint density at radius 1 is 1.43 bits per heavy atom. The number of aromatic nitrogens is 2. The molecule has 1 saturated carbocycles. The van der Waals surface area contributed by atoms with Crippen LogP contribution in [0.1, 0.15) is 41.9 Å². The summed E-state index contributed by atoms with van der Waals surface area (Å²) in [7, 11) is 0. The van der Waals surface area contributed by atoms with Gasteiger partial charge < -0.3 is 5.32 Å². The van der Waals surface area contributed by atoms with Gasteiger partial charge in [-0.25, -0.2) is 0 Å². The first-order chi connectivity index (χ1) is 10.2. The Hall–Kier alpha value is -1.01. The molecule has 1 aliphatic heterocycles. The lowest BCUT2D eigenvalue weighted by Crippen LogP contribution is -2.56. The quantitative estimate of drug-likeness (QED) is 0.890. The Morgan fingerprint density at radius 2 is 2.14 bits per heavy atom. The van der Waals surface area contributed by atoms with Gasteiger partial charge >= 0.3 is 0 Å². The molecule has 2 heterocycles. The standard InChI is InChI=1S/C15H24N4OS/c1-12-10-13(18-17-12)14(20)16-11-15(4-2-3-5-15)19-6-8-21-9-7-19/h10H,2-9,11H2,1H3,(H,16,20)(H,17,18). The van der Waals surface area contributed by atoms with Crippen LogP contribution in [-0.2, 0) is 0 Å². The number of hydrogen-bond acceptors (Lipinski definition) is 4. The molecule has 1 saturated heterocycles. The summed E-state index contributed by atoms with van der Waals surface area (Å²) in [6, 6.07) is 1.80. The minimum absolute atomic E-state index is 0.0583. The number of nitrogens with one attached hydrogen (secondary N) is 2. The number of aromatic amines is 1. The maximum absolute atomic E-state index is 12.2. The molecule has 1 aromatic heterocycles. The highest BCUT2D eigenvalue weighted by molar-refractivity contribution is 7.99. The average molecular weight is 308 g/mol. The van der Waals surface area contributed by atoms with Gasteiger partial charge in [-0.15, -0.1) is 0 Å². The van der Waals surface area contributed by atoms with Crippen LogP contribution in [0, 0.1) is 6.92 Å². The third kappa shape index (κ3) is 3.26. The van der Waals surface area contributed by atoms with Crippen molar-refractivity contribution in [3.05, 3.63) is 17.5 Å². The topological polar surface area (TPSA) is 61.0 Å². The zero-order valence-electron chi connectivity index (χ0n) is 12.7.